The molecule has 156 valence electrons. The highest BCUT2D eigenvalue weighted by atomic mass is 16.5. The van der Waals surface area contributed by atoms with Crippen molar-refractivity contribution in [1.29, 1.82) is 0 Å². The number of fused-ring (bicyclic) bond motifs is 1. The fourth-order valence-corrected chi connectivity index (χ4v) is 3.94. The van der Waals surface area contributed by atoms with Crippen molar-refractivity contribution in [2.75, 3.05) is 20.8 Å². The van der Waals surface area contributed by atoms with Gasteiger partial charge in [-0.1, -0.05) is 5.16 Å². The van der Waals surface area contributed by atoms with E-state index >= 15 is 0 Å². The van der Waals surface area contributed by atoms with E-state index in [9.17, 15) is 14.7 Å². The number of aromatic nitrogens is 1. The minimum absolute atomic E-state index is 0.114. The Hall–Kier alpha value is -3.03. The smallest absolute Gasteiger partial charge is 0.223 e. The first-order valence-electron chi connectivity index (χ1n) is 9.51. The molecular formula is C21H25N2O6-. The van der Waals surface area contributed by atoms with Crippen LogP contribution in [0.15, 0.2) is 16.7 Å². The molecule has 0 unspecified atom stereocenters. The van der Waals surface area contributed by atoms with Crippen molar-refractivity contribution in [2.45, 2.75) is 45.6 Å². The largest absolute Gasteiger partial charge is 0.550 e. The summed E-state index contributed by atoms with van der Waals surface area (Å²) in [7, 11) is 3.07. The minimum atomic E-state index is -1.21. The molecule has 1 aromatic heterocycles. The van der Waals surface area contributed by atoms with Crippen LogP contribution in [0.3, 0.4) is 0 Å². The van der Waals surface area contributed by atoms with E-state index in [2.05, 4.69) is 5.16 Å². The van der Waals surface area contributed by atoms with Crippen molar-refractivity contribution < 1.29 is 28.7 Å². The second-order valence-corrected chi connectivity index (χ2v) is 7.14. The third kappa shape index (κ3) is 4.21. The van der Waals surface area contributed by atoms with E-state index in [1.807, 2.05) is 19.9 Å². The van der Waals surface area contributed by atoms with Crippen LogP contribution in [0.4, 0.5) is 0 Å². The fourth-order valence-electron chi connectivity index (χ4n) is 3.94. The normalized spacial score (nSPS) is 15.7. The SMILES string of the molecule is COc1cc2c(cc1OC)[C@@H](CC(=O)[O-])N(C(=O)CCc1c(C)noc1C)CC2. The molecule has 2 heterocycles. The van der Waals surface area contributed by atoms with Gasteiger partial charge in [-0.2, -0.15) is 0 Å². The molecule has 2 aromatic rings. The summed E-state index contributed by atoms with van der Waals surface area (Å²) in [5, 5.41) is 15.3. The molecule has 29 heavy (non-hydrogen) atoms. The Morgan fingerprint density at radius 1 is 1.24 bits per heavy atom. The first-order valence-corrected chi connectivity index (χ1v) is 9.51. The number of carbonyl (C=O) groups excluding carboxylic acids is 2. The molecule has 3 rings (SSSR count). The molecule has 8 heteroatoms. The van der Waals surface area contributed by atoms with Gasteiger partial charge < -0.3 is 28.8 Å². The lowest BCUT2D eigenvalue weighted by Gasteiger charge is -2.38. The van der Waals surface area contributed by atoms with Gasteiger partial charge in [-0.15, -0.1) is 0 Å². The lowest BCUT2D eigenvalue weighted by atomic mass is 9.89. The first kappa shape index (κ1) is 20.7. The third-order valence-electron chi connectivity index (χ3n) is 5.45. The molecular weight excluding hydrogens is 376 g/mol. The van der Waals surface area contributed by atoms with Crippen LogP contribution < -0.4 is 14.6 Å². The number of aliphatic carboxylic acids is 1. The van der Waals surface area contributed by atoms with Gasteiger partial charge in [-0.3, -0.25) is 4.79 Å². The van der Waals surface area contributed by atoms with Gasteiger partial charge in [0.05, 0.1) is 26.0 Å². The molecule has 1 aliphatic rings. The highest BCUT2D eigenvalue weighted by Crippen LogP contribution is 2.39. The lowest BCUT2D eigenvalue weighted by molar-refractivity contribution is -0.306. The molecule has 1 amide bonds. The number of carboxylic acids is 1. The summed E-state index contributed by atoms with van der Waals surface area (Å²) in [6, 6.07) is 3.00. The number of amides is 1. The number of aryl methyl sites for hydroxylation is 2. The number of nitrogens with zero attached hydrogens (tertiary/aromatic N) is 2. The van der Waals surface area contributed by atoms with Gasteiger partial charge in [0.15, 0.2) is 11.5 Å². The number of rotatable bonds is 7. The van der Waals surface area contributed by atoms with Crippen molar-refractivity contribution in [3.05, 3.63) is 40.3 Å². The predicted molar refractivity (Wildman–Crippen MR) is 102 cm³/mol. The number of carboxylic acid groups (broad SMARTS) is 1. The predicted octanol–water partition coefficient (Wildman–Crippen LogP) is 1.51. The molecule has 8 nitrogen and oxygen atoms in total. The average Bonchev–Trinajstić information content (AvgIpc) is 3.02. The van der Waals surface area contributed by atoms with Gasteiger partial charge in [0, 0.05) is 30.9 Å². The Morgan fingerprint density at radius 3 is 2.52 bits per heavy atom. The maximum absolute atomic E-state index is 13.0. The molecule has 0 N–H and O–H groups in total. The Morgan fingerprint density at radius 2 is 1.93 bits per heavy atom. The first-order chi connectivity index (χ1) is 13.8. The van der Waals surface area contributed by atoms with Crippen LogP contribution in [0.25, 0.3) is 0 Å². The van der Waals surface area contributed by atoms with E-state index in [0.717, 1.165) is 22.4 Å². The standard InChI is InChI=1S/C21H26N2O6/c1-12-15(13(2)29-22-12)5-6-20(24)23-8-7-14-9-18(27-3)19(28-4)10-16(14)17(23)11-21(25)26/h9-10,17H,5-8,11H2,1-4H3,(H,25,26)/p-1/t17-/m1/s1. The summed E-state index contributed by atoms with van der Waals surface area (Å²) in [6.45, 7) is 4.09. The summed E-state index contributed by atoms with van der Waals surface area (Å²) in [6.07, 6.45) is 1.07. The van der Waals surface area contributed by atoms with Gasteiger partial charge in [0.2, 0.25) is 5.91 Å². The zero-order valence-corrected chi connectivity index (χ0v) is 17.1. The topological polar surface area (TPSA) is 105 Å². The summed E-state index contributed by atoms with van der Waals surface area (Å²) >= 11 is 0. The van der Waals surface area contributed by atoms with E-state index in [0.29, 0.717) is 36.6 Å². The second kappa shape index (κ2) is 8.55. The van der Waals surface area contributed by atoms with Crippen LogP contribution in [-0.4, -0.2) is 42.7 Å². The molecule has 0 fully saturated rings. The van der Waals surface area contributed by atoms with E-state index < -0.39 is 12.0 Å². The van der Waals surface area contributed by atoms with Crippen molar-refractivity contribution in [3.8, 4) is 11.5 Å². The van der Waals surface area contributed by atoms with E-state index in [4.69, 9.17) is 14.0 Å². The highest BCUT2D eigenvalue weighted by Gasteiger charge is 2.32. The van der Waals surface area contributed by atoms with Crippen LogP contribution in [0.5, 0.6) is 11.5 Å². The molecule has 0 bridgehead atoms. The summed E-state index contributed by atoms with van der Waals surface area (Å²) in [4.78, 5) is 26.1. The molecule has 0 saturated carbocycles. The van der Waals surface area contributed by atoms with Crippen molar-refractivity contribution in [2.24, 2.45) is 0 Å². The van der Waals surface area contributed by atoms with Crippen LogP contribution in [0.1, 0.15) is 47.0 Å². The Bertz CT molecular complexity index is 901. The lowest BCUT2D eigenvalue weighted by Crippen LogP contribution is -2.42. The zero-order chi connectivity index (χ0) is 21.1. The summed E-state index contributed by atoms with van der Waals surface area (Å²) in [5.41, 5.74) is 3.38. The van der Waals surface area contributed by atoms with E-state index in [1.54, 1.807) is 18.1 Å². The molecule has 1 aromatic carbocycles. The van der Waals surface area contributed by atoms with E-state index in [1.165, 1.54) is 7.11 Å². The quantitative estimate of drug-likeness (QED) is 0.692. The number of carbonyl (C=O) groups is 2. The van der Waals surface area contributed by atoms with Crippen LogP contribution >= 0.6 is 0 Å². The summed E-state index contributed by atoms with van der Waals surface area (Å²) in [5.74, 6) is 0.455. The number of hydrogen-bond donors (Lipinski definition) is 0. The number of benzene rings is 1. The van der Waals surface area contributed by atoms with E-state index in [-0.39, 0.29) is 18.7 Å². The average molecular weight is 401 g/mol. The number of ether oxygens (including phenoxy) is 2. The molecule has 0 saturated heterocycles. The summed E-state index contributed by atoms with van der Waals surface area (Å²) < 4.78 is 15.9. The maximum Gasteiger partial charge on any atom is 0.223 e. The molecule has 0 spiro atoms. The maximum atomic E-state index is 13.0. The van der Waals surface area contributed by atoms with Gasteiger partial charge in [-0.25, -0.2) is 0 Å². The van der Waals surface area contributed by atoms with Gasteiger partial charge in [0.25, 0.3) is 0 Å². The van der Waals surface area contributed by atoms with Crippen molar-refractivity contribution in [1.82, 2.24) is 10.1 Å². The highest BCUT2D eigenvalue weighted by molar-refractivity contribution is 5.79. The van der Waals surface area contributed by atoms with Crippen LogP contribution in [0.2, 0.25) is 0 Å². The monoisotopic (exact) mass is 401 g/mol. The molecule has 0 radical (unpaired) electrons. The van der Waals surface area contributed by atoms with Gasteiger partial charge >= 0.3 is 0 Å². The van der Waals surface area contributed by atoms with Gasteiger partial charge in [-0.05, 0) is 49.9 Å². The zero-order valence-electron chi connectivity index (χ0n) is 17.1. The van der Waals surface area contributed by atoms with Gasteiger partial charge in [0.1, 0.15) is 5.76 Å². The molecule has 1 aliphatic heterocycles. The third-order valence-corrected chi connectivity index (χ3v) is 5.45. The van der Waals surface area contributed by atoms with Crippen molar-refractivity contribution in [3.63, 3.8) is 0 Å². The van der Waals surface area contributed by atoms with Crippen LogP contribution in [0, 0.1) is 13.8 Å². The number of hydrogen-bond acceptors (Lipinski definition) is 7. The second-order valence-electron chi connectivity index (χ2n) is 7.14. The Kier molecular flexibility index (Phi) is 6.10. The fraction of sp³-hybridized carbons (Fsp3) is 0.476. The molecule has 1 atom stereocenters. The molecule has 0 aliphatic carbocycles. The number of methoxy groups -OCH3 is 2. The van der Waals surface area contributed by atoms with Crippen LogP contribution in [-0.2, 0) is 22.4 Å². The van der Waals surface area contributed by atoms with Crippen molar-refractivity contribution >= 4 is 11.9 Å². The Labute approximate surface area is 169 Å². The minimum Gasteiger partial charge on any atom is -0.550 e. The Balaban J connectivity index is 1.87.